The Morgan fingerprint density at radius 2 is 1.92 bits per heavy atom. The van der Waals surface area contributed by atoms with Crippen molar-refractivity contribution in [1.82, 2.24) is 9.21 Å². The molecule has 1 aromatic carbocycles. The molecule has 1 aromatic rings. The Hall–Kier alpha value is -1.40. The molecular weight excluding hydrogens is 324 g/mol. The number of hydrogen-bond acceptors (Lipinski definition) is 3. The van der Waals surface area contributed by atoms with Gasteiger partial charge in [0.05, 0.1) is 5.75 Å². The van der Waals surface area contributed by atoms with E-state index < -0.39 is 10.0 Å². The lowest BCUT2D eigenvalue weighted by atomic mass is 9.95. The smallest absolute Gasteiger partial charge is 0.226 e. The number of carbonyl (C=O) groups is 1. The zero-order chi connectivity index (χ0) is 16.9. The van der Waals surface area contributed by atoms with Crippen molar-refractivity contribution in [2.75, 3.05) is 31.9 Å². The van der Waals surface area contributed by atoms with Crippen molar-refractivity contribution in [1.29, 1.82) is 0 Å². The molecule has 1 saturated heterocycles. The Morgan fingerprint density at radius 3 is 2.62 bits per heavy atom. The van der Waals surface area contributed by atoms with Crippen LogP contribution >= 0.6 is 0 Å². The molecule has 4 rings (SSSR count). The Balaban J connectivity index is 1.43. The molecule has 1 amide bonds. The van der Waals surface area contributed by atoms with Crippen molar-refractivity contribution in [2.24, 2.45) is 5.92 Å². The summed E-state index contributed by atoms with van der Waals surface area (Å²) in [5.41, 5.74) is 2.84. The highest BCUT2D eigenvalue weighted by Crippen LogP contribution is 2.61. The molecule has 5 nitrogen and oxygen atoms in total. The molecule has 1 aliphatic heterocycles. The molecule has 130 valence electrons. The lowest BCUT2D eigenvalue weighted by Crippen LogP contribution is -2.51. The topological polar surface area (TPSA) is 57.7 Å². The van der Waals surface area contributed by atoms with Crippen LogP contribution < -0.4 is 0 Å². The lowest BCUT2D eigenvalue weighted by Gasteiger charge is -2.34. The number of nitrogens with zero attached hydrogens (tertiary/aromatic N) is 2. The zero-order valence-electron chi connectivity index (χ0n) is 14.1. The van der Waals surface area contributed by atoms with E-state index >= 15 is 0 Å². The van der Waals surface area contributed by atoms with Gasteiger partial charge in [-0.1, -0.05) is 24.3 Å². The van der Waals surface area contributed by atoms with Crippen molar-refractivity contribution in [3.05, 3.63) is 35.4 Å². The fraction of sp³-hybridized carbons (Fsp3) is 0.611. The van der Waals surface area contributed by atoms with Gasteiger partial charge in [0.15, 0.2) is 0 Å². The van der Waals surface area contributed by atoms with E-state index in [1.165, 1.54) is 15.4 Å². The molecule has 3 aliphatic rings. The monoisotopic (exact) mass is 348 g/mol. The van der Waals surface area contributed by atoms with Crippen molar-refractivity contribution in [3.8, 4) is 0 Å². The molecule has 1 saturated carbocycles. The second kappa shape index (κ2) is 5.56. The fourth-order valence-electron chi connectivity index (χ4n) is 4.51. The number of rotatable bonds is 3. The zero-order valence-corrected chi connectivity index (χ0v) is 14.9. The molecule has 0 bridgehead atoms. The molecule has 0 unspecified atom stereocenters. The van der Waals surface area contributed by atoms with E-state index in [1.807, 2.05) is 4.90 Å². The number of carbonyl (C=O) groups excluding carboxylic acids is 1. The number of fused-ring (bicyclic) bond motifs is 2. The standard InChI is InChI=1S/C18H24N2O3S/c1-2-24(22,23)20-11-9-19(10-12-20)17(21)16-13-18(16)8-7-14-5-3-4-6-15(14)18/h3-6,16H,2,7-13H2,1H3/t16-,18+/m1/s1. The molecule has 2 fully saturated rings. The van der Waals surface area contributed by atoms with Crippen LogP contribution in [0.4, 0.5) is 0 Å². The van der Waals surface area contributed by atoms with Crippen LogP contribution in [0.5, 0.6) is 0 Å². The third-order valence-electron chi connectivity index (χ3n) is 6.08. The minimum absolute atomic E-state index is 0.0697. The van der Waals surface area contributed by atoms with Gasteiger partial charge in [0.1, 0.15) is 0 Å². The van der Waals surface area contributed by atoms with Crippen LogP contribution in [0.3, 0.4) is 0 Å². The highest BCUT2D eigenvalue weighted by atomic mass is 32.2. The maximum atomic E-state index is 12.9. The Kier molecular flexibility index (Phi) is 3.73. The minimum Gasteiger partial charge on any atom is -0.340 e. The molecule has 6 heteroatoms. The van der Waals surface area contributed by atoms with E-state index in [2.05, 4.69) is 24.3 Å². The highest BCUT2D eigenvalue weighted by Gasteiger charge is 2.62. The quantitative estimate of drug-likeness (QED) is 0.829. The van der Waals surface area contributed by atoms with Gasteiger partial charge >= 0.3 is 0 Å². The fourth-order valence-corrected chi connectivity index (χ4v) is 5.59. The van der Waals surface area contributed by atoms with E-state index in [9.17, 15) is 13.2 Å². The van der Waals surface area contributed by atoms with Gasteiger partial charge in [0.2, 0.25) is 15.9 Å². The van der Waals surface area contributed by atoms with Gasteiger partial charge in [0.25, 0.3) is 0 Å². The molecule has 2 aliphatic carbocycles. The van der Waals surface area contributed by atoms with E-state index in [0.717, 1.165) is 19.3 Å². The normalized spacial score (nSPS) is 29.7. The van der Waals surface area contributed by atoms with Crippen LogP contribution in [0.2, 0.25) is 0 Å². The van der Waals surface area contributed by atoms with Crippen molar-refractivity contribution in [2.45, 2.75) is 31.6 Å². The Bertz CT molecular complexity index is 768. The van der Waals surface area contributed by atoms with Crippen LogP contribution in [-0.4, -0.2) is 55.5 Å². The number of piperazine rings is 1. The average Bonchev–Trinajstić information content (AvgIpc) is 3.23. The summed E-state index contributed by atoms with van der Waals surface area (Å²) in [5.74, 6) is 0.444. The Labute approximate surface area is 143 Å². The summed E-state index contributed by atoms with van der Waals surface area (Å²) in [5, 5.41) is 0. The maximum absolute atomic E-state index is 12.9. The SMILES string of the molecule is CCS(=O)(=O)N1CCN(C(=O)[C@H]2C[C@]23CCc2ccccc23)CC1. The van der Waals surface area contributed by atoms with Gasteiger partial charge in [-0.3, -0.25) is 4.79 Å². The third-order valence-corrected chi connectivity index (χ3v) is 7.96. The van der Waals surface area contributed by atoms with Crippen molar-refractivity contribution < 1.29 is 13.2 Å². The molecule has 1 spiro atoms. The average molecular weight is 348 g/mol. The van der Waals surface area contributed by atoms with Crippen LogP contribution in [-0.2, 0) is 26.7 Å². The van der Waals surface area contributed by atoms with Gasteiger partial charge in [-0.25, -0.2) is 8.42 Å². The van der Waals surface area contributed by atoms with Crippen LogP contribution in [0.1, 0.15) is 30.9 Å². The second-order valence-corrected chi connectivity index (χ2v) is 9.45. The number of hydrogen-bond donors (Lipinski definition) is 0. The first-order valence-corrected chi connectivity index (χ1v) is 10.4. The van der Waals surface area contributed by atoms with Gasteiger partial charge in [-0.05, 0) is 37.3 Å². The molecular formula is C18H24N2O3S. The summed E-state index contributed by atoms with van der Waals surface area (Å²) >= 11 is 0. The number of aryl methyl sites for hydroxylation is 1. The second-order valence-electron chi connectivity index (χ2n) is 7.19. The van der Waals surface area contributed by atoms with Crippen LogP contribution in [0.15, 0.2) is 24.3 Å². The van der Waals surface area contributed by atoms with Gasteiger partial charge in [-0.2, -0.15) is 4.31 Å². The van der Waals surface area contributed by atoms with Gasteiger partial charge < -0.3 is 4.90 Å². The number of amides is 1. The number of sulfonamides is 1. The molecule has 24 heavy (non-hydrogen) atoms. The summed E-state index contributed by atoms with van der Waals surface area (Å²) in [6.07, 6.45) is 3.10. The van der Waals surface area contributed by atoms with Crippen LogP contribution in [0, 0.1) is 5.92 Å². The third kappa shape index (κ3) is 2.39. The molecule has 0 aromatic heterocycles. The van der Waals surface area contributed by atoms with E-state index in [4.69, 9.17) is 0 Å². The minimum atomic E-state index is -3.14. The van der Waals surface area contributed by atoms with Crippen molar-refractivity contribution >= 4 is 15.9 Å². The molecule has 2 atom stereocenters. The van der Waals surface area contributed by atoms with Crippen molar-refractivity contribution in [3.63, 3.8) is 0 Å². The maximum Gasteiger partial charge on any atom is 0.226 e. The van der Waals surface area contributed by atoms with E-state index in [0.29, 0.717) is 26.2 Å². The van der Waals surface area contributed by atoms with E-state index in [1.54, 1.807) is 6.92 Å². The van der Waals surface area contributed by atoms with Gasteiger partial charge in [0, 0.05) is 37.5 Å². The predicted molar refractivity (Wildman–Crippen MR) is 92.2 cm³/mol. The first-order valence-electron chi connectivity index (χ1n) is 8.83. The van der Waals surface area contributed by atoms with Crippen LogP contribution in [0.25, 0.3) is 0 Å². The Morgan fingerprint density at radius 1 is 1.21 bits per heavy atom. The largest absolute Gasteiger partial charge is 0.340 e. The summed E-state index contributed by atoms with van der Waals surface area (Å²) in [7, 11) is -3.14. The number of benzene rings is 1. The summed E-state index contributed by atoms with van der Waals surface area (Å²) in [6.45, 7) is 3.56. The molecule has 1 heterocycles. The lowest BCUT2D eigenvalue weighted by molar-refractivity contribution is -0.134. The predicted octanol–water partition coefficient (Wildman–Crippen LogP) is 1.38. The first-order chi connectivity index (χ1) is 11.5. The first kappa shape index (κ1) is 16.1. The van der Waals surface area contributed by atoms with Gasteiger partial charge in [-0.15, -0.1) is 0 Å². The summed E-state index contributed by atoms with van der Waals surface area (Å²) < 4.78 is 25.4. The highest BCUT2D eigenvalue weighted by molar-refractivity contribution is 7.89. The summed E-state index contributed by atoms with van der Waals surface area (Å²) in [4.78, 5) is 14.8. The molecule has 0 N–H and O–H groups in total. The van der Waals surface area contributed by atoms with E-state index in [-0.39, 0.29) is 23.0 Å². The molecule has 0 radical (unpaired) electrons. The summed E-state index contributed by atoms with van der Waals surface area (Å²) in [6, 6.07) is 8.50.